The van der Waals surface area contributed by atoms with E-state index in [1.165, 1.54) is 4.90 Å². The van der Waals surface area contributed by atoms with Crippen LogP contribution in [0, 0.1) is 6.92 Å². The van der Waals surface area contributed by atoms with Crippen molar-refractivity contribution < 1.29 is 24.2 Å². The highest BCUT2D eigenvalue weighted by Crippen LogP contribution is 2.40. The van der Waals surface area contributed by atoms with Crippen molar-refractivity contribution in [3.8, 4) is 11.5 Å². The van der Waals surface area contributed by atoms with Crippen LogP contribution < -0.4 is 9.47 Å². The van der Waals surface area contributed by atoms with Gasteiger partial charge in [-0.25, -0.2) is 0 Å². The highest BCUT2D eigenvalue weighted by Gasteiger charge is 2.46. The van der Waals surface area contributed by atoms with E-state index in [2.05, 4.69) is 11.1 Å². The van der Waals surface area contributed by atoms with E-state index in [0.717, 1.165) is 23.1 Å². The number of nitrogens with zero attached hydrogens (tertiary/aromatic N) is 2. The third kappa shape index (κ3) is 6.30. The summed E-state index contributed by atoms with van der Waals surface area (Å²) in [6.45, 7) is 5.22. The van der Waals surface area contributed by atoms with Crippen LogP contribution in [0.2, 0.25) is 0 Å². The van der Waals surface area contributed by atoms with Crippen molar-refractivity contribution in [1.82, 2.24) is 9.88 Å². The van der Waals surface area contributed by atoms with Crippen LogP contribution in [-0.4, -0.2) is 33.3 Å². The van der Waals surface area contributed by atoms with Gasteiger partial charge in [-0.3, -0.25) is 14.6 Å². The first kappa shape index (κ1) is 27.6. The minimum absolute atomic E-state index is 0.0366. The Morgan fingerprint density at radius 2 is 1.61 bits per heavy atom. The zero-order valence-electron chi connectivity index (χ0n) is 23.1. The molecule has 1 unspecified atom stereocenters. The number of aliphatic hydroxyl groups excluding tert-OH is 1. The number of ketones is 1. The Balaban J connectivity index is 1.46. The number of likely N-dealkylation sites (tertiary alicyclic amines) is 1. The lowest BCUT2D eigenvalue weighted by Crippen LogP contribution is -2.29. The number of carbonyl (C=O) groups excluding carboxylic acids is 2. The fraction of sp³-hybridized carbons (Fsp3) is 0.206. The standard InChI is InChI=1S/C34H32N2O5/c1-3-18-40-28-13-9-26(10-14-28)31-30(33(38)34(39)36(31)21-25-8-5-17-35-20-25)32(37)27-11-15-29(16-12-27)41-22-24-7-4-6-23(2)19-24/h4-17,19-20,31,37H,3,18,21-22H2,1-2H3/b32-30+. The van der Waals surface area contributed by atoms with E-state index in [4.69, 9.17) is 9.47 Å². The minimum atomic E-state index is -0.785. The molecule has 4 aromatic rings. The molecule has 0 spiro atoms. The molecule has 7 nitrogen and oxygen atoms in total. The average Bonchev–Trinajstić information content (AvgIpc) is 3.24. The molecule has 0 aliphatic carbocycles. The van der Waals surface area contributed by atoms with Gasteiger partial charge in [-0.05, 0) is 72.5 Å². The van der Waals surface area contributed by atoms with Crippen molar-refractivity contribution in [2.24, 2.45) is 0 Å². The maximum atomic E-state index is 13.4. The summed E-state index contributed by atoms with van der Waals surface area (Å²) in [6.07, 6.45) is 4.19. The summed E-state index contributed by atoms with van der Waals surface area (Å²) >= 11 is 0. The first-order chi connectivity index (χ1) is 19.9. The van der Waals surface area contributed by atoms with E-state index in [9.17, 15) is 14.7 Å². The smallest absolute Gasteiger partial charge is 0.295 e. The predicted molar refractivity (Wildman–Crippen MR) is 156 cm³/mol. The van der Waals surface area contributed by atoms with Gasteiger partial charge in [0.15, 0.2) is 0 Å². The van der Waals surface area contributed by atoms with Gasteiger partial charge in [0.25, 0.3) is 11.7 Å². The zero-order valence-corrected chi connectivity index (χ0v) is 23.1. The van der Waals surface area contributed by atoms with Gasteiger partial charge in [-0.1, -0.05) is 55.0 Å². The van der Waals surface area contributed by atoms with Gasteiger partial charge in [0.05, 0.1) is 18.2 Å². The van der Waals surface area contributed by atoms with Crippen molar-refractivity contribution in [2.75, 3.05) is 6.61 Å². The van der Waals surface area contributed by atoms with Crippen molar-refractivity contribution in [2.45, 2.75) is 39.5 Å². The molecule has 0 saturated carbocycles. The molecule has 3 aromatic carbocycles. The second-order valence-corrected chi connectivity index (χ2v) is 10.0. The molecular formula is C34H32N2O5. The third-order valence-corrected chi connectivity index (χ3v) is 6.90. The second kappa shape index (κ2) is 12.5. The molecule has 5 rings (SSSR count). The fourth-order valence-corrected chi connectivity index (χ4v) is 4.88. The van der Waals surface area contributed by atoms with E-state index in [-0.39, 0.29) is 17.9 Å². The fourth-order valence-electron chi connectivity index (χ4n) is 4.88. The largest absolute Gasteiger partial charge is 0.507 e. The summed E-state index contributed by atoms with van der Waals surface area (Å²) < 4.78 is 11.6. The molecule has 0 bridgehead atoms. The first-order valence-corrected chi connectivity index (χ1v) is 13.6. The molecular weight excluding hydrogens is 516 g/mol. The molecule has 41 heavy (non-hydrogen) atoms. The lowest BCUT2D eigenvalue weighted by atomic mass is 9.95. The SMILES string of the molecule is CCCOc1ccc(C2/C(=C(\O)c3ccc(OCc4cccc(C)c4)cc3)C(=O)C(=O)N2Cc2cccnc2)cc1. The van der Waals surface area contributed by atoms with Crippen LogP contribution in [0.3, 0.4) is 0 Å². The summed E-state index contributed by atoms with van der Waals surface area (Å²) in [4.78, 5) is 32.3. The first-order valence-electron chi connectivity index (χ1n) is 13.6. The summed E-state index contributed by atoms with van der Waals surface area (Å²) in [7, 11) is 0. The quantitative estimate of drug-likeness (QED) is 0.141. The Bertz CT molecular complexity index is 1550. The van der Waals surface area contributed by atoms with Crippen molar-refractivity contribution >= 4 is 17.4 Å². The summed E-state index contributed by atoms with van der Waals surface area (Å²) in [5.74, 6) is -0.328. The monoisotopic (exact) mass is 548 g/mol. The highest BCUT2D eigenvalue weighted by atomic mass is 16.5. The molecule has 1 aliphatic heterocycles. The normalized spacial score (nSPS) is 16.1. The van der Waals surface area contributed by atoms with E-state index in [1.807, 2.05) is 62.4 Å². The number of Topliss-reactive ketones (excluding diaryl/α,β-unsaturated/α-hetero) is 1. The lowest BCUT2D eigenvalue weighted by molar-refractivity contribution is -0.140. The van der Waals surface area contributed by atoms with Crippen LogP contribution in [0.4, 0.5) is 0 Å². The highest BCUT2D eigenvalue weighted by molar-refractivity contribution is 6.46. The number of rotatable bonds is 10. The van der Waals surface area contributed by atoms with Gasteiger partial charge in [-0.15, -0.1) is 0 Å². The van der Waals surface area contributed by atoms with Crippen molar-refractivity contribution in [1.29, 1.82) is 0 Å². The zero-order chi connectivity index (χ0) is 28.8. The number of carbonyl (C=O) groups is 2. The van der Waals surface area contributed by atoms with Gasteiger partial charge in [0, 0.05) is 24.5 Å². The number of aliphatic hydroxyl groups is 1. The molecule has 2 heterocycles. The number of hydrogen-bond acceptors (Lipinski definition) is 6. The molecule has 1 fully saturated rings. The molecule has 208 valence electrons. The molecule has 1 saturated heterocycles. The number of aromatic nitrogens is 1. The predicted octanol–water partition coefficient (Wildman–Crippen LogP) is 6.38. The lowest BCUT2D eigenvalue weighted by Gasteiger charge is -2.25. The molecule has 1 aromatic heterocycles. The van der Waals surface area contributed by atoms with Crippen LogP contribution >= 0.6 is 0 Å². The van der Waals surface area contributed by atoms with Crippen LogP contribution in [-0.2, 0) is 22.7 Å². The van der Waals surface area contributed by atoms with E-state index >= 15 is 0 Å². The number of benzene rings is 3. The van der Waals surface area contributed by atoms with Crippen LogP contribution in [0.15, 0.2) is 103 Å². The van der Waals surface area contributed by atoms with Gasteiger partial charge in [-0.2, -0.15) is 0 Å². The minimum Gasteiger partial charge on any atom is -0.507 e. The molecule has 1 N–H and O–H groups in total. The molecule has 1 amide bonds. The molecule has 1 atom stereocenters. The Kier molecular flexibility index (Phi) is 8.44. The maximum Gasteiger partial charge on any atom is 0.295 e. The number of hydrogen-bond donors (Lipinski definition) is 1. The topological polar surface area (TPSA) is 89.0 Å². The second-order valence-electron chi connectivity index (χ2n) is 10.0. The Morgan fingerprint density at radius 1 is 0.902 bits per heavy atom. The van der Waals surface area contributed by atoms with Crippen LogP contribution in [0.1, 0.15) is 47.2 Å². The molecule has 7 heteroatoms. The summed E-state index contributed by atoms with van der Waals surface area (Å²) in [5, 5.41) is 11.4. The Morgan fingerprint density at radius 3 is 2.29 bits per heavy atom. The van der Waals surface area contributed by atoms with Crippen molar-refractivity contribution in [3.05, 3.63) is 131 Å². The van der Waals surface area contributed by atoms with Crippen LogP contribution in [0.25, 0.3) is 5.76 Å². The summed E-state index contributed by atoms with van der Waals surface area (Å²) in [5.41, 5.74) is 4.13. The van der Waals surface area contributed by atoms with E-state index < -0.39 is 17.7 Å². The van der Waals surface area contributed by atoms with Gasteiger partial charge < -0.3 is 19.5 Å². The number of amides is 1. The van der Waals surface area contributed by atoms with Gasteiger partial charge in [0.2, 0.25) is 0 Å². The average molecular weight is 549 g/mol. The van der Waals surface area contributed by atoms with Gasteiger partial charge in [0.1, 0.15) is 23.9 Å². The third-order valence-electron chi connectivity index (χ3n) is 6.90. The summed E-state index contributed by atoms with van der Waals surface area (Å²) in [6, 6.07) is 25.1. The Labute approximate surface area is 239 Å². The Hall–Kier alpha value is -4.91. The van der Waals surface area contributed by atoms with Crippen LogP contribution in [0.5, 0.6) is 11.5 Å². The number of pyridine rings is 1. The van der Waals surface area contributed by atoms with E-state index in [0.29, 0.717) is 35.8 Å². The maximum absolute atomic E-state index is 13.4. The van der Waals surface area contributed by atoms with Gasteiger partial charge >= 0.3 is 0 Å². The number of aryl methyl sites for hydroxylation is 1. The van der Waals surface area contributed by atoms with Crippen molar-refractivity contribution in [3.63, 3.8) is 0 Å². The molecule has 1 aliphatic rings. The van der Waals surface area contributed by atoms with E-state index in [1.54, 1.807) is 42.7 Å². The molecule has 0 radical (unpaired) electrons. The number of ether oxygens (including phenoxy) is 2.